The monoisotopic (exact) mass is 382 g/mol. The fourth-order valence-electron chi connectivity index (χ4n) is 2.87. The van der Waals surface area contributed by atoms with E-state index >= 15 is 0 Å². The molecule has 0 unspecified atom stereocenters. The van der Waals surface area contributed by atoms with Crippen molar-refractivity contribution in [2.75, 3.05) is 26.4 Å². The summed E-state index contributed by atoms with van der Waals surface area (Å²) in [5, 5.41) is 59.0. The minimum atomic E-state index is -1.82. The van der Waals surface area contributed by atoms with E-state index in [9.17, 15) is 25.5 Å². The van der Waals surface area contributed by atoms with Gasteiger partial charge in [-0.25, -0.2) is 0 Å². The highest BCUT2D eigenvalue weighted by Gasteiger charge is 2.50. The van der Waals surface area contributed by atoms with Crippen molar-refractivity contribution in [1.82, 2.24) is 0 Å². The lowest BCUT2D eigenvalue weighted by Gasteiger charge is -2.40. The lowest BCUT2D eigenvalue weighted by Crippen LogP contribution is -2.59. The molecule has 2 aliphatic heterocycles. The zero-order chi connectivity index (χ0) is 19.3. The molecule has 154 valence electrons. The van der Waals surface area contributed by atoms with Gasteiger partial charge in [-0.2, -0.15) is 0 Å². The van der Waals surface area contributed by atoms with E-state index in [2.05, 4.69) is 0 Å². The fourth-order valence-corrected chi connectivity index (χ4v) is 2.87. The Balaban J connectivity index is 1.87. The molecule has 0 saturated carbocycles. The van der Waals surface area contributed by atoms with Crippen LogP contribution in [0, 0.1) is 0 Å². The summed E-state index contributed by atoms with van der Waals surface area (Å²) in [6.07, 6.45) is -6.48. The summed E-state index contributed by atoms with van der Waals surface area (Å²) >= 11 is 0. The number of hydrogen-bond acceptors (Lipinski definition) is 10. The molecule has 10 heteroatoms. The second kappa shape index (κ2) is 9.69. The molecule has 6 N–H and O–H groups in total. The standard InChI is InChI=1S/C16H30O10/c1-2-3-4-5-23-14-12(20)11(19)10(18)9(26-14)6-24-15-13(21)16(22,7-17)8-25-15/h9-15,17-22H,2-8H2,1H3/t9-,10-,11+,12-,13-,14-,15-,16-/m1/s1. The lowest BCUT2D eigenvalue weighted by atomic mass is 9.99. The summed E-state index contributed by atoms with van der Waals surface area (Å²) in [5.74, 6) is 0. The molecule has 2 saturated heterocycles. The van der Waals surface area contributed by atoms with E-state index in [1.54, 1.807) is 0 Å². The third-order valence-electron chi connectivity index (χ3n) is 4.70. The molecular formula is C16H30O10. The SMILES string of the molecule is CCCCCO[C@@H]1O[C@H](CO[C@@H]2OC[C@](O)(CO)[C@@H]2O)[C@@H](O)[C@H](O)[C@H]1O. The smallest absolute Gasteiger partial charge is 0.186 e. The van der Waals surface area contributed by atoms with Crippen LogP contribution < -0.4 is 0 Å². The van der Waals surface area contributed by atoms with Gasteiger partial charge in [-0.3, -0.25) is 0 Å². The van der Waals surface area contributed by atoms with E-state index < -0.39 is 55.3 Å². The molecule has 0 aromatic rings. The van der Waals surface area contributed by atoms with Gasteiger partial charge in [0.15, 0.2) is 12.6 Å². The zero-order valence-corrected chi connectivity index (χ0v) is 14.8. The summed E-state index contributed by atoms with van der Waals surface area (Å²) in [5.41, 5.74) is -1.82. The lowest BCUT2D eigenvalue weighted by molar-refractivity contribution is -0.309. The van der Waals surface area contributed by atoms with Crippen LogP contribution >= 0.6 is 0 Å². The van der Waals surface area contributed by atoms with Gasteiger partial charge < -0.3 is 49.6 Å². The molecule has 2 heterocycles. The Morgan fingerprint density at radius 2 is 1.73 bits per heavy atom. The van der Waals surface area contributed by atoms with E-state index in [0.29, 0.717) is 6.61 Å². The first-order valence-electron chi connectivity index (χ1n) is 8.89. The highest BCUT2D eigenvalue weighted by atomic mass is 16.7. The van der Waals surface area contributed by atoms with E-state index in [0.717, 1.165) is 19.3 Å². The zero-order valence-electron chi connectivity index (χ0n) is 14.8. The Kier molecular flexibility index (Phi) is 8.16. The minimum Gasteiger partial charge on any atom is -0.393 e. The van der Waals surface area contributed by atoms with Crippen molar-refractivity contribution in [3.63, 3.8) is 0 Å². The van der Waals surface area contributed by atoms with Crippen LogP contribution in [0.2, 0.25) is 0 Å². The Hall–Kier alpha value is -0.400. The molecule has 0 amide bonds. The van der Waals surface area contributed by atoms with Gasteiger partial charge in [-0.1, -0.05) is 19.8 Å². The third kappa shape index (κ3) is 4.90. The van der Waals surface area contributed by atoms with E-state index in [4.69, 9.17) is 24.1 Å². The highest BCUT2D eigenvalue weighted by molar-refractivity contribution is 4.94. The van der Waals surface area contributed by atoms with Crippen LogP contribution in [-0.2, 0) is 18.9 Å². The Morgan fingerprint density at radius 1 is 1.00 bits per heavy atom. The van der Waals surface area contributed by atoms with Crippen molar-refractivity contribution in [2.45, 2.75) is 74.9 Å². The largest absolute Gasteiger partial charge is 0.393 e. The number of aliphatic hydroxyl groups is 6. The molecule has 2 rings (SSSR count). The molecule has 0 aliphatic carbocycles. The van der Waals surface area contributed by atoms with Crippen LogP contribution in [0.3, 0.4) is 0 Å². The molecule has 0 bridgehead atoms. The molecule has 0 spiro atoms. The number of unbranched alkanes of at least 4 members (excludes halogenated alkanes) is 2. The summed E-state index contributed by atoms with van der Waals surface area (Å²) in [7, 11) is 0. The average molecular weight is 382 g/mol. The van der Waals surface area contributed by atoms with Crippen molar-refractivity contribution in [2.24, 2.45) is 0 Å². The molecule has 8 atom stereocenters. The molecule has 10 nitrogen and oxygen atoms in total. The Bertz CT molecular complexity index is 424. The maximum Gasteiger partial charge on any atom is 0.186 e. The quantitative estimate of drug-likeness (QED) is 0.235. The van der Waals surface area contributed by atoms with Crippen LogP contribution in [0.4, 0.5) is 0 Å². The fraction of sp³-hybridized carbons (Fsp3) is 1.00. The molecule has 0 radical (unpaired) electrons. The first kappa shape index (κ1) is 21.9. The maximum absolute atomic E-state index is 10.1. The van der Waals surface area contributed by atoms with Crippen molar-refractivity contribution in [3.05, 3.63) is 0 Å². The molecular weight excluding hydrogens is 352 g/mol. The van der Waals surface area contributed by atoms with Crippen molar-refractivity contribution < 1.29 is 49.6 Å². The van der Waals surface area contributed by atoms with E-state index in [-0.39, 0.29) is 13.2 Å². The number of hydrogen-bond donors (Lipinski definition) is 6. The molecule has 2 aliphatic rings. The van der Waals surface area contributed by atoms with Crippen molar-refractivity contribution in [1.29, 1.82) is 0 Å². The molecule has 0 aromatic carbocycles. The number of rotatable bonds is 9. The predicted octanol–water partition coefficient (Wildman–Crippen LogP) is -2.54. The Labute approximate surface area is 151 Å². The van der Waals surface area contributed by atoms with Crippen molar-refractivity contribution >= 4 is 0 Å². The molecule has 26 heavy (non-hydrogen) atoms. The van der Waals surface area contributed by atoms with Gasteiger partial charge in [0.2, 0.25) is 0 Å². The van der Waals surface area contributed by atoms with Gasteiger partial charge >= 0.3 is 0 Å². The Morgan fingerprint density at radius 3 is 2.35 bits per heavy atom. The topological polar surface area (TPSA) is 158 Å². The summed E-state index contributed by atoms with van der Waals surface area (Å²) in [6, 6.07) is 0. The first-order chi connectivity index (χ1) is 12.3. The van der Waals surface area contributed by atoms with Crippen molar-refractivity contribution in [3.8, 4) is 0 Å². The van der Waals surface area contributed by atoms with Crippen LogP contribution in [-0.4, -0.2) is 106 Å². The van der Waals surface area contributed by atoms with Gasteiger partial charge in [-0.05, 0) is 6.42 Å². The van der Waals surface area contributed by atoms with Gasteiger partial charge in [0, 0.05) is 6.61 Å². The van der Waals surface area contributed by atoms with Gasteiger partial charge in [0.1, 0.15) is 36.1 Å². The van der Waals surface area contributed by atoms with E-state index in [1.807, 2.05) is 6.92 Å². The summed E-state index contributed by atoms with van der Waals surface area (Å²) < 4.78 is 21.3. The molecule has 2 fully saturated rings. The van der Waals surface area contributed by atoms with Gasteiger partial charge in [0.25, 0.3) is 0 Å². The maximum atomic E-state index is 10.1. The summed E-state index contributed by atoms with van der Waals surface area (Å²) in [4.78, 5) is 0. The normalized spacial score (nSPS) is 43.7. The van der Waals surface area contributed by atoms with Crippen LogP contribution in [0.1, 0.15) is 26.2 Å². The third-order valence-corrected chi connectivity index (χ3v) is 4.70. The molecule has 0 aromatic heterocycles. The van der Waals surface area contributed by atoms with E-state index in [1.165, 1.54) is 0 Å². The van der Waals surface area contributed by atoms with Crippen LogP contribution in [0.15, 0.2) is 0 Å². The van der Waals surface area contributed by atoms with Crippen LogP contribution in [0.25, 0.3) is 0 Å². The predicted molar refractivity (Wildman–Crippen MR) is 85.9 cm³/mol. The van der Waals surface area contributed by atoms with Gasteiger partial charge in [-0.15, -0.1) is 0 Å². The van der Waals surface area contributed by atoms with Crippen LogP contribution in [0.5, 0.6) is 0 Å². The number of aliphatic hydroxyl groups excluding tert-OH is 5. The first-order valence-corrected chi connectivity index (χ1v) is 8.89. The second-order valence-corrected chi connectivity index (χ2v) is 6.81. The van der Waals surface area contributed by atoms with Gasteiger partial charge in [0.05, 0.1) is 19.8 Å². The second-order valence-electron chi connectivity index (χ2n) is 6.81. The number of ether oxygens (including phenoxy) is 4. The summed E-state index contributed by atoms with van der Waals surface area (Å²) in [6.45, 7) is 1.07. The highest BCUT2D eigenvalue weighted by Crippen LogP contribution is 2.27. The average Bonchev–Trinajstić information content (AvgIpc) is 2.93. The minimum absolute atomic E-state index is 0.289.